The number of oxazole rings is 1. The minimum Gasteiger partial charge on any atom is -0.417 e. The number of aliphatic hydroxyl groups is 1. The molecule has 0 aliphatic rings. The third-order valence-electron chi connectivity index (χ3n) is 1.81. The van der Waals surface area contributed by atoms with Crippen LogP contribution in [0.3, 0.4) is 0 Å². The second-order valence-electron chi connectivity index (χ2n) is 2.92. The van der Waals surface area contributed by atoms with Crippen LogP contribution >= 0.6 is 0 Å². The molecule has 0 aliphatic carbocycles. The van der Waals surface area contributed by atoms with Gasteiger partial charge in [-0.3, -0.25) is 0 Å². The van der Waals surface area contributed by atoms with Crippen molar-refractivity contribution in [2.24, 2.45) is 0 Å². The lowest BCUT2D eigenvalue weighted by atomic mass is 10.3. The van der Waals surface area contributed by atoms with Crippen LogP contribution in [0.4, 0.5) is 8.78 Å². The Morgan fingerprint density at radius 1 is 1.38 bits per heavy atom. The van der Waals surface area contributed by atoms with Crippen molar-refractivity contribution in [2.45, 2.75) is 6.61 Å². The van der Waals surface area contributed by atoms with E-state index in [9.17, 15) is 8.78 Å². The Labute approximate surface area is 89.1 Å². The van der Waals surface area contributed by atoms with Crippen LogP contribution in [0, 0.1) is 11.6 Å². The number of hydrogen-bond acceptors (Lipinski definition) is 4. The molecule has 84 valence electrons. The van der Waals surface area contributed by atoms with Gasteiger partial charge >= 0.3 is 6.08 Å². The number of benzene rings is 1. The highest BCUT2D eigenvalue weighted by Crippen LogP contribution is 2.25. The van der Waals surface area contributed by atoms with E-state index in [0.717, 1.165) is 12.3 Å². The molecule has 1 N–H and O–H groups in total. The van der Waals surface area contributed by atoms with Gasteiger partial charge in [-0.15, -0.1) is 0 Å². The van der Waals surface area contributed by atoms with Crippen LogP contribution in [-0.4, -0.2) is 10.1 Å². The van der Waals surface area contributed by atoms with Crippen LogP contribution in [0.1, 0.15) is 5.69 Å². The topological polar surface area (TPSA) is 55.5 Å². The molecule has 0 fully saturated rings. The van der Waals surface area contributed by atoms with Crippen LogP contribution < -0.4 is 4.74 Å². The van der Waals surface area contributed by atoms with E-state index in [2.05, 4.69) is 4.98 Å². The highest BCUT2D eigenvalue weighted by Gasteiger charge is 2.12. The fourth-order valence-electron chi connectivity index (χ4n) is 1.06. The largest absolute Gasteiger partial charge is 0.417 e. The average molecular weight is 227 g/mol. The Morgan fingerprint density at radius 2 is 2.19 bits per heavy atom. The molecule has 0 unspecified atom stereocenters. The summed E-state index contributed by atoms with van der Waals surface area (Å²) in [5.74, 6) is -2.47. The standard InChI is InChI=1S/C10H7F2NO3/c11-7-2-1-3-8(9(7)12)16-10-13-6(4-14)5-15-10/h1-3,5,14H,4H2. The van der Waals surface area contributed by atoms with Gasteiger partial charge in [0.1, 0.15) is 12.0 Å². The minimum absolute atomic E-state index is 0.242. The number of nitrogens with zero attached hydrogens (tertiary/aromatic N) is 1. The molecule has 4 nitrogen and oxygen atoms in total. The fraction of sp³-hybridized carbons (Fsp3) is 0.100. The van der Waals surface area contributed by atoms with Gasteiger partial charge in [0.05, 0.1) is 6.61 Å². The third-order valence-corrected chi connectivity index (χ3v) is 1.81. The van der Waals surface area contributed by atoms with E-state index in [0.29, 0.717) is 0 Å². The molecule has 0 saturated heterocycles. The summed E-state index contributed by atoms with van der Waals surface area (Å²) >= 11 is 0. The Bertz CT molecular complexity index is 499. The van der Waals surface area contributed by atoms with E-state index in [-0.39, 0.29) is 24.1 Å². The SMILES string of the molecule is OCc1coc(Oc2cccc(F)c2F)n1. The van der Waals surface area contributed by atoms with E-state index < -0.39 is 11.6 Å². The first kappa shape index (κ1) is 10.6. The molecule has 2 rings (SSSR count). The lowest BCUT2D eigenvalue weighted by molar-refractivity contribution is 0.276. The monoisotopic (exact) mass is 227 g/mol. The average Bonchev–Trinajstić information content (AvgIpc) is 2.73. The Kier molecular flexibility index (Phi) is 2.82. The molecule has 1 heterocycles. The minimum atomic E-state index is -1.12. The summed E-state index contributed by atoms with van der Waals surface area (Å²) in [4.78, 5) is 3.67. The van der Waals surface area contributed by atoms with Crippen LogP contribution in [-0.2, 0) is 6.61 Å². The van der Waals surface area contributed by atoms with Crippen molar-refractivity contribution < 1.29 is 23.0 Å². The quantitative estimate of drug-likeness (QED) is 0.873. The molecule has 0 amide bonds. The molecule has 1 aromatic heterocycles. The summed E-state index contributed by atoms with van der Waals surface area (Å²) in [6, 6.07) is 3.50. The molecule has 16 heavy (non-hydrogen) atoms. The highest BCUT2D eigenvalue weighted by molar-refractivity contribution is 5.27. The maximum atomic E-state index is 13.2. The predicted molar refractivity (Wildman–Crippen MR) is 48.9 cm³/mol. The summed E-state index contributed by atoms with van der Waals surface area (Å²) in [6.45, 7) is -0.321. The van der Waals surface area contributed by atoms with Crippen molar-refractivity contribution >= 4 is 0 Å². The lowest BCUT2D eigenvalue weighted by Crippen LogP contribution is -1.92. The lowest BCUT2D eigenvalue weighted by Gasteiger charge is -2.01. The van der Waals surface area contributed by atoms with E-state index >= 15 is 0 Å². The summed E-state index contributed by atoms with van der Waals surface area (Å²) in [5.41, 5.74) is 0.242. The van der Waals surface area contributed by atoms with E-state index in [1.807, 2.05) is 0 Å². The van der Waals surface area contributed by atoms with Crippen molar-refractivity contribution in [3.05, 3.63) is 41.8 Å². The van der Waals surface area contributed by atoms with Gasteiger partial charge < -0.3 is 14.3 Å². The first-order valence-corrected chi connectivity index (χ1v) is 4.38. The normalized spacial score (nSPS) is 10.4. The predicted octanol–water partition coefficient (Wildman–Crippen LogP) is 2.24. The zero-order chi connectivity index (χ0) is 11.5. The number of aromatic nitrogens is 1. The van der Waals surface area contributed by atoms with Gasteiger partial charge in [-0.05, 0) is 12.1 Å². The van der Waals surface area contributed by atoms with Crippen molar-refractivity contribution in [3.63, 3.8) is 0 Å². The van der Waals surface area contributed by atoms with Crippen LogP contribution in [0.15, 0.2) is 28.9 Å². The third kappa shape index (κ3) is 2.01. The van der Waals surface area contributed by atoms with E-state index in [1.54, 1.807) is 0 Å². The zero-order valence-electron chi connectivity index (χ0n) is 7.98. The molecule has 0 bridgehead atoms. The van der Waals surface area contributed by atoms with Crippen LogP contribution in [0.2, 0.25) is 0 Å². The van der Waals surface area contributed by atoms with Crippen LogP contribution in [0.25, 0.3) is 0 Å². The molecular weight excluding hydrogens is 220 g/mol. The number of hydrogen-bond donors (Lipinski definition) is 1. The highest BCUT2D eigenvalue weighted by atomic mass is 19.2. The van der Waals surface area contributed by atoms with Crippen LogP contribution in [0.5, 0.6) is 11.8 Å². The molecule has 0 spiro atoms. The molecule has 1 aromatic carbocycles. The molecular formula is C10H7F2NO3. The first-order chi connectivity index (χ1) is 7.70. The summed E-state index contributed by atoms with van der Waals surface area (Å²) in [5, 5.41) is 8.70. The van der Waals surface area contributed by atoms with Crippen molar-refractivity contribution in [3.8, 4) is 11.8 Å². The van der Waals surface area contributed by atoms with Gasteiger partial charge in [0.25, 0.3) is 0 Å². The van der Waals surface area contributed by atoms with Crippen molar-refractivity contribution in [1.82, 2.24) is 4.98 Å². The number of rotatable bonds is 3. The summed E-state index contributed by atoms with van der Waals surface area (Å²) in [7, 11) is 0. The Morgan fingerprint density at radius 3 is 2.88 bits per heavy atom. The number of halogens is 2. The van der Waals surface area contributed by atoms with E-state index in [4.69, 9.17) is 14.3 Å². The number of ether oxygens (including phenoxy) is 1. The van der Waals surface area contributed by atoms with Gasteiger partial charge in [-0.2, -0.15) is 9.37 Å². The molecule has 0 radical (unpaired) electrons. The Hall–Kier alpha value is -1.95. The molecule has 6 heteroatoms. The van der Waals surface area contributed by atoms with Crippen molar-refractivity contribution in [2.75, 3.05) is 0 Å². The van der Waals surface area contributed by atoms with Gasteiger partial charge in [-0.25, -0.2) is 4.39 Å². The first-order valence-electron chi connectivity index (χ1n) is 4.38. The maximum absolute atomic E-state index is 13.2. The van der Waals surface area contributed by atoms with Gasteiger partial charge in [0, 0.05) is 0 Å². The number of aliphatic hydroxyl groups excluding tert-OH is 1. The van der Waals surface area contributed by atoms with Crippen molar-refractivity contribution in [1.29, 1.82) is 0 Å². The zero-order valence-corrected chi connectivity index (χ0v) is 7.98. The molecule has 0 atom stereocenters. The molecule has 2 aromatic rings. The second kappa shape index (κ2) is 4.28. The smallest absolute Gasteiger partial charge is 0.399 e. The van der Waals surface area contributed by atoms with Gasteiger partial charge in [0.2, 0.25) is 5.82 Å². The molecule has 0 saturated carbocycles. The fourth-order valence-corrected chi connectivity index (χ4v) is 1.06. The maximum Gasteiger partial charge on any atom is 0.399 e. The Balaban J connectivity index is 2.23. The van der Waals surface area contributed by atoms with Gasteiger partial charge in [0.15, 0.2) is 11.6 Å². The second-order valence-corrected chi connectivity index (χ2v) is 2.92. The summed E-state index contributed by atoms with van der Waals surface area (Å²) in [6.07, 6.45) is 0.903. The van der Waals surface area contributed by atoms with Gasteiger partial charge in [-0.1, -0.05) is 6.07 Å². The molecule has 0 aliphatic heterocycles. The summed E-state index contributed by atoms with van der Waals surface area (Å²) < 4.78 is 35.6. The van der Waals surface area contributed by atoms with E-state index in [1.165, 1.54) is 12.1 Å².